The highest BCUT2D eigenvalue weighted by Crippen LogP contribution is 2.21. The minimum Gasteiger partial charge on any atom is -0.289 e. The van der Waals surface area contributed by atoms with Gasteiger partial charge in [0.05, 0.1) is 0 Å². The molecule has 2 aromatic carbocycles. The number of hydrogen-bond donors (Lipinski definition) is 0. The third kappa shape index (κ3) is 3.29. The normalized spacial score (nSPS) is 10.5. The Hall–Kier alpha value is -1.48. The second-order valence-corrected chi connectivity index (χ2v) is 5.25. The molecule has 0 saturated heterocycles. The summed E-state index contributed by atoms with van der Waals surface area (Å²) in [6, 6.07) is 11.6. The quantitative estimate of drug-likeness (QED) is 0.741. The van der Waals surface area contributed by atoms with Gasteiger partial charge in [-0.25, -0.2) is 4.39 Å². The molecule has 0 heterocycles. The molecule has 0 aliphatic heterocycles. The predicted octanol–water partition coefficient (Wildman–Crippen LogP) is 4.77. The Morgan fingerprint density at radius 1 is 1.16 bits per heavy atom. The number of halogens is 2. The van der Waals surface area contributed by atoms with Gasteiger partial charge < -0.3 is 0 Å². The molecule has 0 atom stereocenters. The maximum Gasteiger partial charge on any atom is 0.194 e. The van der Waals surface area contributed by atoms with E-state index in [1.165, 1.54) is 17.7 Å². The number of aryl methyl sites for hydroxylation is 1. The summed E-state index contributed by atoms with van der Waals surface area (Å²) in [6.45, 7) is 2.11. The maximum atomic E-state index is 13.2. The van der Waals surface area contributed by atoms with Gasteiger partial charge in [0.25, 0.3) is 0 Å². The summed E-state index contributed by atoms with van der Waals surface area (Å²) < 4.78 is 13.8. The van der Waals surface area contributed by atoms with Gasteiger partial charge in [-0.2, -0.15) is 0 Å². The molecule has 0 fully saturated rings. The van der Waals surface area contributed by atoms with E-state index in [2.05, 4.69) is 22.9 Å². The van der Waals surface area contributed by atoms with Gasteiger partial charge in [-0.15, -0.1) is 0 Å². The molecule has 0 aliphatic rings. The molecule has 2 aromatic rings. The maximum absolute atomic E-state index is 13.2. The van der Waals surface area contributed by atoms with Crippen molar-refractivity contribution in [3.8, 4) is 0 Å². The van der Waals surface area contributed by atoms with Crippen molar-refractivity contribution in [3.63, 3.8) is 0 Å². The number of ketones is 1. The van der Waals surface area contributed by atoms with Gasteiger partial charge in [0.1, 0.15) is 5.82 Å². The highest BCUT2D eigenvalue weighted by atomic mass is 79.9. The Morgan fingerprint density at radius 3 is 2.47 bits per heavy atom. The number of benzene rings is 2. The van der Waals surface area contributed by atoms with Crippen LogP contribution < -0.4 is 0 Å². The first-order chi connectivity index (χ1) is 9.11. The molecule has 0 saturated carbocycles. The first-order valence-corrected chi connectivity index (χ1v) is 7.00. The summed E-state index contributed by atoms with van der Waals surface area (Å²) in [4.78, 5) is 12.3. The molecule has 0 aliphatic carbocycles. The largest absolute Gasteiger partial charge is 0.289 e. The lowest BCUT2D eigenvalue weighted by Crippen LogP contribution is -2.03. The van der Waals surface area contributed by atoms with Gasteiger partial charge in [0, 0.05) is 15.6 Å². The average Bonchev–Trinajstić information content (AvgIpc) is 2.42. The minimum atomic E-state index is -0.408. The number of carbonyl (C=O) groups is 1. The van der Waals surface area contributed by atoms with Crippen LogP contribution in [0.25, 0.3) is 0 Å². The Bertz CT molecular complexity index is 590. The van der Waals surface area contributed by atoms with Crippen LogP contribution in [0.5, 0.6) is 0 Å². The van der Waals surface area contributed by atoms with Crippen molar-refractivity contribution in [2.75, 3.05) is 0 Å². The first-order valence-electron chi connectivity index (χ1n) is 6.20. The summed E-state index contributed by atoms with van der Waals surface area (Å²) in [5.74, 6) is -0.580. The zero-order chi connectivity index (χ0) is 13.8. The fraction of sp³-hybridized carbons (Fsp3) is 0.188. The van der Waals surface area contributed by atoms with E-state index in [1.807, 2.05) is 12.1 Å². The fourth-order valence-corrected chi connectivity index (χ4v) is 2.37. The lowest BCUT2D eigenvalue weighted by Gasteiger charge is -2.05. The Kier molecular flexibility index (Phi) is 4.48. The SMILES string of the molecule is CCCc1ccc(C(=O)c2cc(F)ccc2Br)cc1. The van der Waals surface area contributed by atoms with E-state index in [0.717, 1.165) is 12.8 Å². The Balaban J connectivity index is 2.30. The van der Waals surface area contributed by atoms with Crippen LogP contribution >= 0.6 is 15.9 Å². The van der Waals surface area contributed by atoms with Crippen LogP contribution in [0.1, 0.15) is 34.8 Å². The summed E-state index contributed by atoms with van der Waals surface area (Å²) in [5.41, 5.74) is 2.13. The van der Waals surface area contributed by atoms with Crippen LogP contribution in [0.4, 0.5) is 4.39 Å². The summed E-state index contributed by atoms with van der Waals surface area (Å²) in [6.07, 6.45) is 2.07. The molecular formula is C16H14BrFO. The molecule has 0 radical (unpaired) electrons. The van der Waals surface area contributed by atoms with E-state index in [9.17, 15) is 9.18 Å². The van der Waals surface area contributed by atoms with Crippen LogP contribution in [0.3, 0.4) is 0 Å². The van der Waals surface area contributed by atoms with Crippen LogP contribution in [-0.4, -0.2) is 5.78 Å². The molecule has 0 bridgehead atoms. The van der Waals surface area contributed by atoms with Crippen molar-refractivity contribution in [2.45, 2.75) is 19.8 Å². The van der Waals surface area contributed by atoms with E-state index in [1.54, 1.807) is 18.2 Å². The molecule has 0 aromatic heterocycles. The second-order valence-electron chi connectivity index (χ2n) is 4.40. The van der Waals surface area contributed by atoms with Crippen molar-refractivity contribution >= 4 is 21.7 Å². The van der Waals surface area contributed by atoms with Gasteiger partial charge in [-0.05, 0) is 30.2 Å². The van der Waals surface area contributed by atoms with Crippen LogP contribution in [0, 0.1) is 5.82 Å². The summed E-state index contributed by atoms with van der Waals surface area (Å²) >= 11 is 3.28. The van der Waals surface area contributed by atoms with E-state index in [0.29, 0.717) is 15.6 Å². The van der Waals surface area contributed by atoms with Crippen LogP contribution in [-0.2, 0) is 6.42 Å². The molecule has 0 N–H and O–H groups in total. The van der Waals surface area contributed by atoms with Crippen molar-refractivity contribution in [1.29, 1.82) is 0 Å². The van der Waals surface area contributed by atoms with Crippen molar-refractivity contribution in [1.82, 2.24) is 0 Å². The van der Waals surface area contributed by atoms with E-state index in [-0.39, 0.29) is 5.78 Å². The molecule has 1 nitrogen and oxygen atoms in total. The van der Waals surface area contributed by atoms with E-state index >= 15 is 0 Å². The van der Waals surface area contributed by atoms with Crippen molar-refractivity contribution in [2.24, 2.45) is 0 Å². The lowest BCUT2D eigenvalue weighted by atomic mass is 10.0. The Morgan fingerprint density at radius 2 is 1.84 bits per heavy atom. The highest BCUT2D eigenvalue weighted by Gasteiger charge is 2.13. The van der Waals surface area contributed by atoms with Gasteiger partial charge in [-0.1, -0.05) is 53.5 Å². The molecule has 3 heteroatoms. The molecule has 0 unspecified atom stereocenters. The second kappa shape index (κ2) is 6.11. The zero-order valence-electron chi connectivity index (χ0n) is 10.6. The monoisotopic (exact) mass is 320 g/mol. The third-order valence-electron chi connectivity index (χ3n) is 2.93. The molecule has 19 heavy (non-hydrogen) atoms. The minimum absolute atomic E-state index is 0.172. The Labute approximate surface area is 120 Å². The summed E-state index contributed by atoms with van der Waals surface area (Å²) in [7, 11) is 0. The van der Waals surface area contributed by atoms with E-state index < -0.39 is 5.82 Å². The standard InChI is InChI=1S/C16H14BrFO/c1-2-3-11-4-6-12(7-5-11)16(19)14-10-13(18)8-9-15(14)17/h4-10H,2-3H2,1H3. The zero-order valence-corrected chi connectivity index (χ0v) is 12.2. The van der Waals surface area contributed by atoms with Gasteiger partial charge in [0.15, 0.2) is 5.78 Å². The van der Waals surface area contributed by atoms with Gasteiger partial charge >= 0.3 is 0 Å². The topological polar surface area (TPSA) is 17.1 Å². The number of hydrogen-bond acceptors (Lipinski definition) is 1. The molecule has 0 amide bonds. The van der Waals surface area contributed by atoms with Gasteiger partial charge in [-0.3, -0.25) is 4.79 Å². The first kappa shape index (κ1) is 13.9. The van der Waals surface area contributed by atoms with Crippen LogP contribution in [0.15, 0.2) is 46.9 Å². The lowest BCUT2D eigenvalue weighted by molar-refractivity contribution is 0.103. The average molecular weight is 321 g/mol. The van der Waals surface area contributed by atoms with Crippen molar-refractivity contribution in [3.05, 3.63) is 69.4 Å². The highest BCUT2D eigenvalue weighted by molar-refractivity contribution is 9.10. The number of carbonyl (C=O) groups excluding carboxylic acids is 1. The van der Waals surface area contributed by atoms with Gasteiger partial charge in [0.2, 0.25) is 0 Å². The number of rotatable bonds is 4. The van der Waals surface area contributed by atoms with Crippen molar-refractivity contribution < 1.29 is 9.18 Å². The fourth-order valence-electron chi connectivity index (χ4n) is 1.94. The molecule has 98 valence electrons. The summed E-state index contributed by atoms with van der Waals surface area (Å²) in [5, 5.41) is 0. The smallest absolute Gasteiger partial charge is 0.194 e. The van der Waals surface area contributed by atoms with E-state index in [4.69, 9.17) is 0 Å². The predicted molar refractivity (Wildman–Crippen MR) is 78.0 cm³/mol. The van der Waals surface area contributed by atoms with Crippen LogP contribution in [0.2, 0.25) is 0 Å². The third-order valence-corrected chi connectivity index (χ3v) is 3.62. The molecule has 0 spiro atoms. The molecule has 2 rings (SSSR count). The molecular weight excluding hydrogens is 307 g/mol.